The van der Waals surface area contributed by atoms with Crippen LogP contribution >= 0.6 is 11.8 Å². The van der Waals surface area contributed by atoms with Crippen molar-refractivity contribution in [2.24, 2.45) is 17.8 Å². The summed E-state index contributed by atoms with van der Waals surface area (Å²) in [7, 11) is 1.62. The first kappa shape index (κ1) is 22.9. The van der Waals surface area contributed by atoms with Crippen LogP contribution in [0.3, 0.4) is 0 Å². The van der Waals surface area contributed by atoms with Gasteiger partial charge in [0.2, 0.25) is 6.54 Å². The first-order valence-corrected chi connectivity index (χ1v) is 10.6. The van der Waals surface area contributed by atoms with Gasteiger partial charge < -0.3 is 9.64 Å². The topological polar surface area (TPSA) is 107 Å². The van der Waals surface area contributed by atoms with Crippen molar-refractivity contribution in [2.75, 3.05) is 26.5 Å². The maximum Gasteiger partial charge on any atom is 0.307 e. The van der Waals surface area contributed by atoms with Gasteiger partial charge in [-0.2, -0.15) is 0 Å². The molecule has 158 valence electrons. The molecule has 0 aliphatic heterocycles. The molecule has 0 N–H and O–H groups in total. The summed E-state index contributed by atoms with van der Waals surface area (Å²) in [4.78, 5) is 49.4. The smallest absolute Gasteiger partial charge is 0.307 e. The lowest BCUT2D eigenvalue weighted by molar-refractivity contribution is -0.490. The number of likely N-dealkylation sites (N-methyl/N-ethyl adjacent to an activating group) is 1. The molecule has 3 atom stereocenters. The van der Waals surface area contributed by atoms with Gasteiger partial charge in [0.25, 0.3) is 5.91 Å². The zero-order valence-corrected chi connectivity index (χ0v) is 17.6. The summed E-state index contributed by atoms with van der Waals surface area (Å²) in [5.74, 6) is -2.54. The number of benzene rings is 1. The van der Waals surface area contributed by atoms with Gasteiger partial charge in [-0.15, -0.1) is 11.8 Å². The van der Waals surface area contributed by atoms with Crippen molar-refractivity contribution in [1.82, 2.24) is 4.90 Å². The third-order valence-corrected chi connectivity index (χ3v) is 6.04. The molecule has 8 nitrogen and oxygen atoms in total. The first-order chi connectivity index (χ1) is 13.7. The molecule has 1 amide bonds. The number of thioether (sulfide) groups is 1. The summed E-state index contributed by atoms with van der Waals surface area (Å²) in [5, 5.41) is 10.8. The summed E-state index contributed by atoms with van der Waals surface area (Å²) in [6, 6.07) is 7.81. The molecule has 1 aromatic carbocycles. The van der Waals surface area contributed by atoms with Crippen LogP contribution in [-0.4, -0.2) is 53.9 Å². The lowest BCUT2D eigenvalue weighted by Crippen LogP contribution is -2.32. The highest BCUT2D eigenvalue weighted by Gasteiger charge is 2.44. The molecule has 0 spiro atoms. The van der Waals surface area contributed by atoms with Crippen LogP contribution in [0.5, 0.6) is 0 Å². The Kier molecular flexibility index (Phi) is 8.19. The predicted octanol–water partition coefficient (Wildman–Crippen LogP) is 2.42. The SMILES string of the molecule is CSc1ccc(CN(C)C(=O)COC(=O)C[C@@H]2C(=O)C[C@H](C)[C@H]2C[N+](=O)[O-])cc1. The molecule has 0 heterocycles. The fraction of sp³-hybridized carbons (Fsp3) is 0.550. The minimum atomic E-state index is -0.717. The number of rotatable bonds is 9. The maximum atomic E-state index is 12.2. The van der Waals surface area contributed by atoms with Crippen molar-refractivity contribution in [3.63, 3.8) is 0 Å². The number of amides is 1. The third kappa shape index (κ3) is 6.56. The summed E-state index contributed by atoms with van der Waals surface area (Å²) >= 11 is 1.63. The molecule has 1 aliphatic rings. The van der Waals surface area contributed by atoms with Crippen molar-refractivity contribution in [1.29, 1.82) is 0 Å². The van der Waals surface area contributed by atoms with E-state index in [0.717, 1.165) is 10.5 Å². The Morgan fingerprint density at radius 2 is 1.97 bits per heavy atom. The zero-order valence-electron chi connectivity index (χ0n) is 16.8. The van der Waals surface area contributed by atoms with E-state index in [1.165, 1.54) is 4.90 Å². The molecule has 0 saturated heterocycles. The van der Waals surface area contributed by atoms with Crippen LogP contribution in [-0.2, 0) is 25.7 Å². The van der Waals surface area contributed by atoms with E-state index in [1.807, 2.05) is 30.5 Å². The van der Waals surface area contributed by atoms with Gasteiger partial charge >= 0.3 is 5.97 Å². The van der Waals surface area contributed by atoms with E-state index in [2.05, 4.69) is 0 Å². The van der Waals surface area contributed by atoms with E-state index < -0.39 is 29.3 Å². The largest absolute Gasteiger partial charge is 0.456 e. The molecular formula is C20H26N2O6S. The highest BCUT2D eigenvalue weighted by atomic mass is 32.2. The Balaban J connectivity index is 1.83. The molecule has 0 unspecified atom stereocenters. The van der Waals surface area contributed by atoms with Crippen LogP contribution in [0.4, 0.5) is 0 Å². The van der Waals surface area contributed by atoms with Gasteiger partial charge in [0, 0.05) is 41.7 Å². The summed E-state index contributed by atoms with van der Waals surface area (Å²) in [6.07, 6.45) is 1.99. The lowest BCUT2D eigenvalue weighted by atomic mass is 9.88. The number of hydrogen-bond donors (Lipinski definition) is 0. The van der Waals surface area contributed by atoms with Gasteiger partial charge in [0.1, 0.15) is 5.78 Å². The Hall–Kier alpha value is -2.42. The minimum absolute atomic E-state index is 0.143. The molecule has 2 rings (SSSR count). The molecule has 9 heteroatoms. The highest BCUT2D eigenvalue weighted by molar-refractivity contribution is 7.98. The minimum Gasteiger partial charge on any atom is -0.456 e. The average molecular weight is 423 g/mol. The van der Waals surface area contributed by atoms with Crippen LogP contribution in [0.15, 0.2) is 29.2 Å². The van der Waals surface area contributed by atoms with Gasteiger partial charge in [-0.05, 0) is 29.9 Å². The summed E-state index contributed by atoms with van der Waals surface area (Å²) < 4.78 is 5.04. The van der Waals surface area contributed by atoms with Crippen molar-refractivity contribution >= 4 is 29.4 Å². The molecule has 1 fully saturated rings. The second kappa shape index (κ2) is 10.4. The number of esters is 1. The average Bonchev–Trinajstić information content (AvgIpc) is 2.93. The van der Waals surface area contributed by atoms with Gasteiger partial charge in [-0.3, -0.25) is 24.5 Å². The molecule has 0 bridgehead atoms. The predicted molar refractivity (Wildman–Crippen MR) is 108 cm³/mol. The molecule has 0 radical (unpaired) electrons. The molecule has 29 heavy (non-hydrogen) atoms. The standard InChI is InChI=1S/C20H26N2O6S/c1-13-8-18(23)16(17(13)11-22(26)27)9-20(25)28-12-19(24)21(2)10-14-4-6-15(29-3)7-5-14/h4-7,13,16-17H,8-12H2,1-3H3/t13-,16-,17+/m0/s1. The Labute approximate surface area is 174 Å². The van der Waals surface area contributed by atoms with Crippen LogP contribution < -0.4 is 0 Å². The Morgan fingerprint density at radius 1 is 1.31 bits per heavy atom. The van der Waals surface area contributed by atoms with Crippen molar-refractivity contribution < 1.29 is 24.0 Å². The number of carbonyl (C=O) groups excluding carboxylic acids is 3. The number of ether oxygens (including phenoxy) is 1. The number of hydrogen-bond acceptors (Lipinski definition) is 7. The van der Waals surface area contributed by atoms with Crippen LogP contribution in [0.25, 0.3) is 0 Å². The molecule has 1 saturated carbocycles. The third-order valence-electron chi connectivity index (χ3n) is 5.29. The molecular weight excluding hydrogens is 396 g/mol. The van der Waals surface area contributed by atoms with Gasteiger partial charge in [-0.1, -0.05) is 19.1 Å². The van der Waals surface area contributed by atoms with Crippen LogP contribution in [0.1, 0.15) is 25.3 Å². The first-order valence-electron chi connectivity index (χ1n) is 9.38. The van der Waals surface area contributed by atoms with Crippen molar-refractivity contribution in [2.45, 2.75) is 31.2 Å². The molecule has 0 aromatic heterocycles. The highest BCUT2D eigenvalue weighted by Crippen LogP contribution is 2.36. The van der Waals surface area contributed by atoms with E-state index in [0.29, 0.717) is 6.54 Å². The summed E-state index contributed by atoms with van der Waals surface area (Å²) in [6.45, 7) is 1.40. The maximum absolute atomic E-state index is 12.2. The quantitative estimate of drug-likeness (QED) is 0.260. The Bertz CT molecular complexity index is 767. The van der Waals surface area contributed by atoms with Crippen LogP contribution in [0, 0.1) is 27.9 Å². The van der Waals surface area contributed by atoms with Gasteiger partial charge in [0.05, 0.1) is 6.42 Å². The number of carbonyl (C=O) groups is 3. The number of Topliss-reactive ketones (excluding diaryl/α,β-unsaturated/α-hetero) is 1. The van der Waals surface area contributed by atoms with Crippen molar-refractivity contribution in [3.8, 4) is 0 Å². The molecule has 1 aromatic rings. The van der Waals surface area contributed by atoms with E-state index in [1.54, 1.807) is 25.7 Å². The lowest BCUT2D eigenvalue weighted by Gasteiger charge is -2.19. The second-order valence-electron chi connectivity index (χ2n) is 7.40. The fourth-order valence-electron chi connectivity index (χ4n) is 3.58. The number of nitro groups is 1. The monoisotopic (exact) mass is 422 g/mol. The van der Waals surface area contributed by atoms with E-state index in [-0.39, 0.29) is 37.0 Å². The van der Waals surface area contributed by atoms with E-state index in [4.69, 9.17) is 4.74 Å². The van der Waals surface area contributed by atoms with E-state index in [9.17, 15) is 24.5 Å². The Morgan fingerprint density at radius 3 is 2.55 bits per heavy atom. The van der Waals surface area contributed by atoms with Gasteiger partial charge in [-0.25, -0.2) is 0 Å². The fourth-order valence-corrected chi connectivity index (χ4v) is 3.99. The zero-order chi connectivity index (χ0) is 21.6. The number of ketones is 1. The normalized spacial score (nSPS) is 21.1. The summed E-state index contributed by atoms with van der Waals surface area (Å²) in [5.41, 5.74) is 0.957. The molecule has 1 aliphatic carbocycles. The second-order valence-corrected chi connectivity index (χ2v) is 8.28. The number of nitrogens with zero attached hydrogens (tertiary/aromatic N) is 2. The van der Waals surface area contributed by atoms with E-state index >= 15 is 0 Å². The van der Waals surface area contributed by atoms with Gasteiger partial charge in [0.15, 0.2) is 6.61 Å². The van der Waals surface area contributed by atoms with Crippen molar-refractivity contribution in [3.05, 3.63) is 39.9 Å². The van der Waals surface area contributed by atoms with Crippen LogP contribution in [0.2, 0.25) is 0 Å².